The summed E-state index contributed by atoms with van der Waals surface area (Å²) in [6, 6.07) is 6.65. The standard InChI is InChI=1S/C23H29F3N4O3/c1-15(2)12-19(31)30-14-17-7-5-4-6-16(17)13-18(30)20(32)27-9-8-22(33,23(24,25)26)21-28-10-11-29(21)3/h4-7,10-11,15,18,33H,8-9,12-14H2,1-3H3,(H,27,32). The quantitative estimate of drug-likeness (QED) is 0.657. The molecule has 3 rings (SSSR count). The average molecular weight is 467 g/mol. The highest BCUT2D eigenvalue weighted by Gasteiger charge is 2.57. The Bertz CT molecular complexity index is 1000. The molecule has 0 fully saturated rings. The van der Waals surface area contributed by atoms with Crippen molar-refractivity contribution in [2.24, 2.45) is 13.0 Å². The SMILES string of the molecule is CC(C)CC(=O)N1Cc2ccccc2CC1C(=O)NCCC(O)(c1nccn1C)C(F)(F)F. The van der Waals surface area contributed by atoms with Gasteiger partial charge in [0.05, 0.1) is 0 Å². The minimum absolute atomic E-state index is 0.0953. The number of nitrogens with zero attached hydrogens (tertiary/aromatic N) is 3. The Balaban J connectivity index is 1.75. The summed E-state index contributed by atoms with van der Waals surface area (Å²) in [5.74, 6) is -1.19. The van der Waals surface area contributed by atoms with E-state index < -0.39 is 42.5 Å². The van der Waals surface area contributed by atoms with Crippen LogP contribution in [0, 0.1) is 5.92 Å². The van der Waals surface area contributed by atoms with E-state index in [0.29, 0.717) is 0 Å². The summed E-state index contributed by atoms with van der Waals surface area (Å²) in [6.07, 6.45) is -2.78. The Morgan fingerprint density at radius 3 is 2.48 bits per heavy atom. The van der Waals surface area contributed by atoms with Crippen molar-refractivity contribution in [1.29, 1.82) is 0 Å². The zero-order valence-corrected chi connectivity index (χ0v) is 18.9. The second-order valence-corrected chi connectivity index (χ2v) is 8.87. The van der Waals surface area contributed by atoms with Gasteiger partial charge in [0.15, 0.2) is 0 Å². The number of alkyl halides is 3. The molecule has 7 nitrogen and oxygen atoms in total. The van der Waals surface area contributed by atoms with Crippen molar-refractivity contribution < 1.29 is 27.9 Å². The van der Waals surface area contributed by atoms with Crippen LogP contribution in [0.3, 0.4) is 0 Å². The normalized spacial score (nSPS) is 18.1. The first-order chi connectivity index (χ1) is 15.4. The van der Waals surface area contributed by atoms with Crippen molar-refractivity contribution in [3.8, 4) is 0 Å². The first-order valence-corrected chi connectivity index (χ1v) is 10.8. The van der Waals surface area contributed by atoms with Crippen molar-refractivity contribution in [3.05, 3.63) is 53.6 Å². The largest absolute Gasteiger partial charge is 0.424 e. The number of halogens is 3. The molecule has 0 radical (unpaired) electrons. The molecule has 0 spiro atoms. The van der Waals surface area contributed by atoms with Gasteiger partial charge in [0.2, 0.25) is 17.4 Å². The van der Waals surface area contributed by atoms with Crippen molar-refractivity contribution in [1.82, 2.24) is 19.8 Å². The molecule has 2 amide bonds. The average Bonchev–Trinajstić information content (AvgIpc) is 3.17. The lowest BCUT2D eigenvalue weighted by molar-refractivity contribution is -0.272. The number of fused-ring (bicyclic) bond motifs is 1. The molecule has 1 aromatic carbocycles. The first-order valence-electron chi connectivity index (χ1n) is 10.8. The number of rotatable bonds is 7. The number of hydrogen-bond donors (Lipinski definition) is 2. The molecule has 1 aromatic heterocycles. The molecule has 0 aliphatic carbocycles. The van der Waals surface area contributed by atoms with Crippen LogP contribution in [0.4, 0.5) is 13.2 Å². The molecule has 0 saturated heterocycles. The van der Waals surface area contributed by atoms with Gasteiger partial charge in [0.1, 0.15) is 11.9 Å². The number of aromatic nitrogens is 2. The lowest BCUT2D eigenvalue weighted by Crippen LogP contribution is -2.54. The molecule has 2 N–H and O–H groups in total. The second-order valence-electron chi connectivity index (χ2n) is 8.87. The van der Waals surface area contributed by atoms with Crippen molar-refractivity contribution in [2.75, 3.05) is 6.54 Å². The van der Waals surface area contributed by atoms with Crippen LogP contribution in [0.5, 0.6) is 0 Å². The summed E-state index contributed by atoms with van der Waals surface area (Å²) in [5, 5.41) is 13.0. The Morgan fingerprint density at radius 2 is 1.91 bits per heavy atom. The molecular weight excluding hydrogens is 437 g/mol. The van der Waals surface area contributed by atoms with Gasteiger partial charge >= 0.3 is 6.18 Å². The number of carbonyl (C=O) groups excluding carboxylic acids is 2. The van der Waals surface area contributed by atoms with E-state index >= 15 is 0 Å². The third kappa shape index (κ3) is 5.21. The van der Waals surface area contributed by atoms with Gasteiger partial charge in [-0.25, -0.2) is 4.98 Å². The van der Waals surface area contributed by atoms with Gasteiger partial charge in [-0.3, -0.25) is 9.59 Å². The molecule has 1 aliphatic heterocycles. The minimum atomic E-state index is -4.99. The molecule has 2 atom stereocenters. The zero-order valence-electron chi connectivity index (χ0n) is 18.9. The van der Waals surface area contributed by atoms with Gasteiger partial charge in [-0.1, -0.05) is 38.1 Å². The van der Waals surface area contributed by atoms with Gasteiger partial charge < -0.3 is 19.9 Å². The van der Waals surface area contributed by atoms with Gasteiger partial charge in [-0.05, 0) is 17.0 Å². The number of aryl methyl sites for hydroxylation is 1. The van der Waals surface area contributed by atoms with Crippen molar-refractivity contribution >= 4 is 11.8 Å². The predicted molar refractivity (Wildman–Crippen MR) is 115 cm³/mol. The Labute approximate surface area is 190 Å². The summed E-state index contributed by atoms with van der Waals surface area (Å²) in [7, 11) is 1.36. The topological polar surface area (TPSA) is 87.5 Å². The molecular formula is C23H29F3N4O3. The summed E-state index contributed by atoms with van der Waals surface area (Å²) in [6.45, 7) is 3.63. The molecule has 2 heterocycles. The minimum Gasteiger partial charge on any atom is -0.374 e. The summed E-state index contributed by atoms with van der Waals surface area (Å²) in [5.41, 5.74) is -1.35. The number of benzene rings is 1. The van der Waals surface area contributed by atoms with Crippen molar-refractivity contribution in [2.45, 2.75) is 57.5 Å². The van der Waals surface area contributed by atoms with E-state index in [4.69, 9.17) is 0 Å². The molecule has 10 heteroatoms. The smallest absolute Gasteiger partial charge is 0.374 e. The van der Waals surface area contributed by atoms with E-state index in [1.54, 1.807) is 0 Å². The van der Waals surface area contributed by atoms with Crippen LogP contribution < -0.4 is 5.32 Å². The zero-order chi connectivity index (χ0) is 24.4. The molecule has 2 unspecified atom stereocenters. The monoisotopic (exact) mass is 466 g/mol. The maximum absolute atomic E-state index is 13.7. The van der Waals surface area contributed by atoms with Crippen LogP contribution in [-0.2, 0) is 35.2 Å². The fraction of sp³-hybridized carbons (Fsp3) is 0.522. The van der Waals surface area contributed by atoms with Crippen LogP contribution in [0.2, 0.25) is 0 Å². The van der Waals surface area contributed by atoms with E-state index in [-0.39, 0.29) is 31.2 Å². The third-order valence-corrected chi connectivity index (χ3v) is 5.90. The molecule has 180 valence electrons. The summed E-state index contributed by atoms with van der Waals surface area (Å²) in [4.78, 5) is 31.0. The van der Waals surface area contributed by atoms with Crippen LogP contribution in [0.15, 0.2) is 36.7 Å². The highest BCUT2D eigenvalue weighted by atomic mass is 19.4. The van der Waals surface area contributed by atoms with E-state index in [9.17, 15) is 27.9 Å². The Kier molecular flexibility index (Phi) is 7.16. The lowest BCUT2D eigenvalue weighted by atomic mass is 9.92. The number of aliphatic hydroxyl groups is 1. The molecule has 0 bridgehead atoms. The predicted octanol–water partition coefficient (Wildman–Crippen LogP) is 2.68. The molecule has 0 saturated carbocycles. The fourth-order valence-electron chi connectivity index (χ4n) is 4.11. The second kappa shape index (κ2) is 9.54. The maximum Gasteiger partial charge on any atom is 0.424 e. The van der Waals surface area contributed by atoms with E-state index in [1.807, 2.05) is 38.1 Å². The van der Waals surface area contributed by atoms with Crippen LogP contribution >= 0.6 is 0 Å². The van der Waals surface area contributed by atoms with Gasteiger partial charge in [-0.15, -0.1) is 0 Å². The number of hydrogen-bond acceptors (Lipinski definition) is 4. The van der Waals surface area contributed by atoms with E-state index in [1.165, 1.54) is 24.3 Å². The van der Waals surface area contributed by atoms with E-state index in [0.717, 1.165) is 15.7 Å². The summed E-state index contributed by atoms with van der Waals surface area (Å²) >= 11 is 0. The molecule has 2 aromatic rings. The molecule has 33 heavy (non-hydrogen) atoms. The Hall–Kier alpha value is -2.88. The highest BCUT2D eigenvalue weighted by molar-refractivity contribution is 5.88. The fourth-order valence-corrected chi connectivity index (χ4v) is 4.11. The van der Waals surface area contributed by atoms with Crippen LogP contribution in [-0.4, -0.2) is 50.1 Å². The van der Waals surface area contributed by atoms with Gasteiger partial charge in [0.25, 0.3) is 0 Å². The molecule has 1 aliphatic rings. The van der Waals surface area contributed by atoms with Crippen LogP contribution in [0.1, 0.15) is 43.6 Å². The van der Waals surface area contributed by atoms with Gasteiger partial charge in [-0.2, -0.15) is 13.2 Å². The lowest BCUT2D eigenvalue weighted by Gasteiger charge is -2.37. The van der Waals surface area contributed by atoms with E-state index in [2.05, 4.69) is 10.3 Å². The highest BCUT2D eigenvalue weighted by Crippen LogP contribution is 2.40. The van der Waals surface area contributed by atoms with Gasteiger partial charge in [0, 0.05) is 51.8 Å². The number of nitrogens with one attached hydrogen (secondary N) is 1. The third-order valence-electron chi connectivity index (χ3n) is 5.90. The Morgan fingerprint density at radius 1 is 1.24 bits per heavy atom. The van der Waals surface area contributed by atoms with Crippen LogP contribution in [0.25, 0.3) is 0 Å². The maximum atomic E-state index is 13.7. The first kappa shape index (κ1) is 24.8. The number of imidazole rings is 1. The number of amides is 2. The van der Waals surface area contributed by atoms with Crippen molar-refractivity contribution in [3.63, 3.8) is 0 Å². The summed E-state index contributed by atoms with van der Waals surface area (Å²) < 4.78 is 42.2. The number of carbonyl (C=O) groups is 2.